The Kier molecular flexibility index (Phi) is 13.4. The minimum absolute atomic E-state index is 0.200. The van der Waals surface area contributed by atoms with Gasteiger partial charge in [0.2, 0.25) is 0 Å². The van der Waals surface area contributed by atoms with Gasteiger partial charge in [-0.3, -0.25) is 0 Å². The lowest BCUT2D eigenvalue weighted by Gasteiger charge is -2.23. The highest BCUT2D eigenvalue weighted by Crippen LogP contribution is 2.26. The molecule has 11 nitrogen and oxygen atoms in total. The molecule has 4 N–H and O–H groups in total. The molecule has 57 heavy (non-hydrogen) atoms. The molecule has 0 unspecified atom stereocenters. The molecule has 0 radical (unpaired) electrons. The van der Waals surface area contributed by atoms with Crippen LogP contribution in [0.3, 0.4) is 0 Å². The minimum Gasteiger partial charge on any atom is -0.457 e. The Labute approximate surface area is 331 Å². The van der Waals surface area contributed by atoms with Crippen LogP contribution in [0.2, 0.25) is 0 Å². The number of nitrogens with zero attached hydrogens (tertiary/aromatic N) is 2. The SMILES string of the molecule is CCc1cc(Oc2ccc(C)cc2)ccc1B(O)OB(OB(O)c1ccc(Oc2ccc(C#N)cc2)cc1CO)c1ccc(Oc2ccc(C#N)cc2)cc1CO. The van der Waals surface area contributed by atoms with Gasteiger partial charge in [-0.15, -0.1) is 0 Å². The van der Waals surface area contributed by atoms with E-state index in [0.29, 0.717) is 68.6 Å². The monoisotopic (exact) mass is 758 g/mol. The van der Waals surface area contributed by atoms with E-state index in [1.54, 1.807) is 91.0 Å². The topological polar surface area (TPSA) is 175 Å². The zero-order valence-electron chi connectivity index (χ0n) is 31.2. The molecule has 0 bridgehead atoms. The molecule has 0 aliphatic heterocycles. The zero-order chi connectivity index (χ0) is 40.3. The van der Waals surface area contributed by atoms with Crippen LogP contribution < -0.4 is 30.6 Å². The average molecular weight is 758 g/mol. The van der Waals surface area contributed by atoms with Crippen molar-refractivity contribution >= 4 is 37.7 Å². The first kappa shape index (κ1) is 40.3. The molecule has 0 amide bonds. The maximum Gasteiger partial charge on any atom is 0.478 e. The molecule has 0 atom stereocenters. The third kappa shape index (κ3) is 10.3. The second-order valence-corrected chi connectivity index (χ2v) is 13.0. The van der Waals surface area contributed by atoms with Crippen LogP contribution in [0.4, 0.5) is 0 Å². The number of benzene rings is 6. The van der Waals surface area contributed by atoms with Crippen molar-refractivity contribution in [3.05, 3.63) is 161 Å². The van der Waals surface area contributed by atoms with Crippen molar-refractivity contribution < 1.29 is 43.6 Å². The van der Waals surface area contributed by atoms with Crippen molar-refractivity contribution in [2.75, 3.05) is 0 Å². The fraction of sp³-hybridized carbons (Fsp3) is 0.116. The Bertz CT molecular complexity index is 2380. The largest absolute Gasteiger partial charge is 0.478 e. The van der Waals surface area contributed by atoms with E-state index in [1.165, 1.54) is 6.07 Å². The quantitative estimate of drug-likeness (QED) is 0.0960. The summed E-state index contributed by atoms with van der Waals surface area (Å²) in [5, 5.41) is 62.3. The lowest BCUT2D eigenvalue weighted by molar-refractivity contribution is 0.280. The van der Waals surface area contributed by atoms with Crippen molar-refractivity contribution in [3.63, 3.8) is 0 Å². The summed E-state index contributed by atoms with van der Waals surface area (Å²) in [5.41, 5.74) is 4.31. The summed E-state index contributed by atoms with van der Waals surface area (Å²) in [7, 11) is -4.71. The van der Waals surface area contributed by atoms with Crippen LogP contribution in [0.25, 0.3) is 0 Å². The summed E-state index contributed by atoms with van der Waals surface area (Å²) < 4.78 is 30.3. The third-order valence-electron chi connectivity index (χ3n) is 9.05. The molecule has 0 fully saturated rings. The first-order valence-corrected chi connectivity index (χ1v) is 18.1. The highest BCUT2D eigenvalue weighted by molar-refractivity contribution is 6.79. The second-order valence-electron chi connectivity index (χ2n) is 13.0. The number of nitriles is 2. The van der Waals surface area contributed by atoms with Gasteiger partial charge in [-0.05, 0) is 143 Å². The van der Waals surface area contributed by atoms with Gasteiger partial charge < -0.3 is 43.6 Å². The van der Waals surface area contributed by atoms with E-state index in [2.05, 4.69) is 12.1 Å². The minimum atomic E-state index is -1.69. The van der Waals surface area contributed by atoms with Crippen molar-refractivity contribution in [2.24, 2.45) is 0 Å². The van der Waals surface area contributed by atoms with Crippen molar-refractivity contribution in [1.82, 2.24) is 0 Å². The van der Waals surface area contributed by atoms with Crippen LogP contribution in [-0.4, -0.2) is 41.6 Å². The summed E-state index contributed by atoms with van der Waals surface area (Å²) in [4.78, 5) is 0. The first-order valence-electron chi connectivity index (χ1n) is 18.1. The number of ether oxygens (including phenoxy) is 3. The van der Waals surface area contributed by atoms with Crippen molar-refractivity contribution in [2.45, 2.75) is 33.5 Å². The van der Waals surface area contributed by atoms with Crippen LogP contribution in [0.5, 0.6) is 34.5 Å². The van der Waals surface area contributed by atoms with Gasteiger partial charge in [0.15, 0.2) is 0 Å². The Morgan fingerprint density at radius 1 is 0.491 bits per heavy atom. The van der Waals surface area contributed by atoms with Crippen LogP contribution in [-0.2, 0) is 28.8 Å². The van der Waals surface area contributed by atoms with E-state index < -0.39 is 34.6 Å². The van der Waals surface area contributed by atoms with Gasteiger partial charge >= 0.3 is 21.4 Å². The van der Waals surface area contributed by atoms with E-state index in [1.807, 2.05) is 44.2 Å². The van der Waals surface area contributed by atoms with Gasteiger partial charge in [0, 0.05) is 0 Å². The van der Waals surface area contributed by atoms with Gasteiger partial charge in [0.05, 0.1) is 36.5 Å². The number of rotatable bonds is 16. The van der Waals surface area contributed by atoms with Crippen molar-refractivity contribution in [1.29, 1.82) is 10.5 Å². The molecule has 282 valence electrons. The summed E-state index contributed by atoms with van der Waals surface area (Å²) in [6, 6.07) is 39.5. The predicted molar refractivity (Wildman–Crippen MR) is 217 cm³/mol. The summed E-state index contributed by atoms with van der Waals surface area (Å²) in [6.45, 7) is 2.96. The van der Waals surface area contributed by atoms with Crippen LogP contribution in [0.15, 0.2) is 127 Å². The van der Waals surface area contributed by atoms with Crippen molar-refractivity contribution in [3.8, 4) is 46.6 Å². The maximum atomic E-state index is 11.6. The molecule has 0 heterocycles. The Balaban J connectivity index is 1.29. The normalized spacial score (nSPS) is 10.6. The molecule has 0 saturated carbocycles. The lowest BCUT2D eigenvalue weighted by atomic mass is 9.65. The van der Waals surface area contributed by atoms with Gasteiger partial charge in [0.25, 0.3) is 0 Å². The van der Waals surface area contributed by atoms with Gasteiger partial charge in [-0.2, -0.15) is 10.5 Å². The molecular weight excluding hydrogens is 721 g/mol. The van der Waals surface area contributed by atoms with Gasteiger partial charge in [-0.25, -0.2) is 0 Å². The van der Waals surface area contributed by atoms with Gasteiger partial charge in [-0.1, -0.05) is 42.8 Å². The van der Waals surface area contributed by atoms with E-state index >= 15 is 0 Å². The number of aliphatic hydroxyl groups excluding tert-OH is 2. The number of hydrogen-bond donors (Lipinski definition) is 4. The fourth-order valence-corrected chi connectivity index (χ4v) is 6.00. The van der Waals surface area contributed by atoms with E-state index in [0.717, 1.165) is 11.1 Å². The molecule has 6 aromatic carbocycles. The standard InChI is InChI=1S/C43H37B3N2O9/c1-3-32-22-38(53-35-10-4-29(2)5-11-35)16-19-41(32)44(51)56-46(43-21-18-40(24-34(43)28-50)55-37-14-8-31(26-48)9-15-37)57-45(52)42-20-17-39(23-33(42)27-49)54-36-12-6-30(25-47)7-13-36/h4-24,49-52H,3,27-28H2,1-2H3. The van der Waals surface area contributed by atoms with Gasteiger partial charge in [0.1, 0.15) is 34.5 Å². The highest BCUT2D eigenvalue weighted by atomic mass is 16.6. The summed E-state index contributed by atoms with van der Waals surface area (Å²) in [5.74, 6) is 2.89. The van der Waals surface area contributed by atoms with E-state index in [-0.39, 0.29) is 10.9 Å². The summed E-state index contributed by atoms with van der Waals surface area (Å²) >= 11 is 0. The molecule has 0 aromatic heterocycles. The Morgan fingerprint density at radius 3 is 1.25 bits per heavy atom. The highest BCUT2D eigenvalue weighted by Gasteiger charge is 2.36. The Hall–Kier alpha value is -6.35. The van der Waals surface area contributed by atoms with E-state index in [4.69, 9.17) is 33.9 Å². The molecule has 0 saturated heterocycles. The average Bonchev–Trinajstić information content (AvgIpc) is 3.24. The maximum absolute atomic E-state index is 11.6. The summed E-state index contributed by atoms with van der Waals surface area (Å²) in [6.07, 6.45) is 0.523. The first-order chi connectivity index (χ1) is 27.7. The lowest BCUT2D eigenvalue weighted by Crippen LogP contribution is -2.53. The number of hydrogen-bond acceptors (Lipinski definition) is 11. The molecule has 6 aromatic rings. The van der Waals surface area contributed by atoms with Crippen LogP contribution in [0.1, 0.15) is 40.3 Å². The molecule has 6 rings (SSSR count). The smallest absolute Gasteiger partial charge is 0.457 e. The van der Waals surface area contributed by atoms with E-state index in [9.17, 15) is 20.3 Å². The number of aliphatic hydroxyl groups is 2. The molecule has 0 spiro atoms. The van der Waals surface area contributed by atoms with Crippen LogP contribution >= 0.6 is 0 Å². The molecule has 0 aliphatic carbocycles. The third-order valence-corrected chi connectivity index (χ3v) is 9.05. The second kappa shape index (κ2) is 19.0. The molecule has 0 aliphatic rings. The predicted octanol–water partition coefficient (Wildman–Crippen LogP) is 5.17. The Morgan fingerprint density at radius 2 is 0.842 bits per heavy atom. The zero-order valence-corrected chi connectivity index (χ0v) is 31.2. The van der Waals surface area contributed by atoms with Crippen LogP contribution in [0, 0.1) is 29.6 Å². The molecule has 14 heteroatoms. The molecular formula is C43H37B3N2O9. The fourth-order valence-electron chi connectivity index (χ4n) is 6.00. The number of aryl methyl sites for hydroxylation is 2.